The van der Waals surface area contributed by atoms with E-state index in [9.17, 15) is 10.4 Å². The van der Waals surface area contributed by atoms with Crippen molar-refractivity contribution in [3.63, 3.8) is 0 Å². The number of hydrogen-bond acceptors (Lipinski definition) is 2. The van der Waals surface area contributed by atoms with Crippen molar-refractivity contribution in [3.05, 3.63) is 35.4 Å². The first-order valence-electron chi connectivity index (χ1n) is 7.30. The van der Waals surface area contributed by atoms with Crippen molar-refractivity contribution in [2.24, 2.45) is 11.3 Å². The van der Waals surface area contributed by atoms with Gasteiger partial charge in [-0.1, -0.05) is 38.1 Å². The molecular formula is C17H23NO. The molecular weight excluding hydrogens is 234 g/mol. The fraction of sp³-hybridized carbons (Fsp3) is 0.588. The molecule has 1 unspecified atom stereocenters. The number of hydrogen-bond donors (Lipinski definition) is 1. The van der Waals surface area contributed by atoms with Crippen LogP contribution in [0.25, 0.3) is 0 Å². The van der Waals surface area contributed by atoms with E-state index in [0.717, 1.165) is 43.2 Å². The summed E-state index contributed by atoms with van der Waals surface area (Å²) in [5.41, 5.74) is 1.52. The number of aliphatic hydroxyl groups is 1. The van der Waals surface area contributed by atoms with Crippen LogP contribution >= 0.6 is 0 Å². The van der Waals surface area contributed by atoms with Crippen LogP contribution in [-0.2, 0) is 6.42 Å². The Bertz CT molecular complexity index is 466. The lowest BCUT2D eigenvalue weighted by atomic mass is 9.66. The molecule has 0 amide bonds. The molecule has 0 spiro atoms. The zero-order valence-electron chi connectivity index (χ0n) is 11.9. The van der Waals surface area contributed by atoms with E-state index < -0.39 is 11.5 Å². The van der Waals surface area contributed by atoms with Crippen molar-refractivity contribution >= 4 is 0 Å². The Labute approximate surface area is 116 Å². The molecule has 2 heteroatoms. The lowest BCUT2D eigenvalue weighted by Crippen LogP contribution is -2.32. The van der Waals surface area contributed by atoms with E-state index in [2.05, 4.69) is 26.0 Å². The second kappa shape index (κ2) is 5.75. The number of nitriles is 1. The first-order chi connectivity index (χ1) is 9.13. The molecule has 1 atom stereocenters. The molecule has 1 aromatic carbocycles. The summed E-state index contributed by atoms with van der Waals surface area (Å²) in [6.07, 6.45) is 3.94. The molecule has 0 radical (unpaired) electrons. The third-order valence-corrected chi connectivity index (χ3v) is 4.64. The summed E-state index contributed by atoms with van der Waals surface area (Å²) in [4.78, 5) is 0. The number of rotatable bonds is 3. The molecule has 1 fully saturated rings. The van der Waals surface area contributed by atoms with Gasteiger partial charge in [0.15, 0.2) is 0 Å². The molecule has 1 aliphatic carbocycles. The Morgan fingerprint density at radius 2 is 2.00 bits per heavy atom. The fourth-order valence-corrected chi connectivity index (χ4v) is 3.14. The zero-order chi connectivity index (χ0) is 13.9. The van der Waals surface area contributed by atoms with Crippen molar-refractivity contribution in [2.45, 2.75) is 52.1 Å². The highest BCUT2D eigenvalue weighted by Gasteiger charge is 2.42. The summed E-state index contributed by atoms with van der Waals surface area (Å²) < 4.78 is 0. The summed E-state index contributed by atoms with van der Waals surface area (Å²) in [6, 6.07) is 10.4. The van der Waals surface area contributed by atoms with Gasteiger partial charge in [0.2, 0.25) is 0 Å². The molecule has 2 rings (SSSR count). The minimum atomic E-state index is -0.652. The van der Waals surface area contributed by atoms with Gasteiger partial charge >= 0.3 is 0 Å². The number of nitrogens with zero attached hydrogens (tertiary/aromatic N) is 1. The van der Waals surface area contributed by atoms with Gasteiger partial charge in [0.05, 0.1) is 17.6 Å². The Kier molecular flexibility index (Phi) is 4.27. The van der Waals surface area contributed by atoms with E-state index in [-0.39, 0.29) is 0 Å². The van der Waals surface area contributed by atoms with Crippen LogP contribution in [-0.4, -0.2) is 5.11 Å². The second-order valence-corrected chi connectivity index (χ2v) is 5.91. The summed E-state index contributed by atoms with van der Waals surface area (Å²) >= 11 is 0. The van der Waals surface area contributed by atoms with Crippen molar-refractivity contribution in [2.75, 3.05) is 0 Å². The van der Waals surface area contributed by atoms with Crippen molar-refractivity contribution in [3.8, 4) is 6.07 Å². The van der Waals surface area contributed by atoms with E-state index in [0.29, 0.717) is 5.92 Å². The van der Waals surface area contributed by atoms with E-state index in [1.54, 1.807) is 0 Å². The molecule has 0 heterocycles. The topological polar surface area (TPSA) is 44.0 Å². The third-order valence-electron chi connectivity index (χ3n) is 4.64. The minimum absolute atomic E-state index is 0.586. The van der Waals surface area contributed by atoms with Gasteiger partial charge in [-0.2, -0.15) is 5.26 Å². The lowest BCUT2D eigenvalue weighted by Gasteiger charge is -2.38. The standard InChI is InChI=1S/C17H23NO/c1-3-14-6-4-5-7-15(14)16(19)17(12-18)10-8-13(2)9-11-17/h4-7,13,16,19H,3,8-11H2,1-2H3. The highest BCUT2D eigenvalue weighted by molar-refractivity contribution is 5.32. The van der Waals surface area contributed by atoms with Gasteiger partial charge in [0.25, 0.3) is 0 Å². The molecule has 0 aromatic heterocycles. The average Bonchev–Trinajstić information content (AvgIpc) is 2.47. The molecule has 1 N–H and O–H groups in total. The Morgan fingerprint density at radius 1 is 1.37 bits per heavy atom. The van der Waals surface area contributed by atoms with Gasteiger partial charge in [0, 0.05) is 0 Å². The first kappa shape index (κ1) is 14.1. The van der Waals surface area contributed by atoms with Crippen LogP contribution < -0.4 is 0 Å². The molecule has 102 valence electrons. The van der Waals surface area contributed by atoms with E-state index in [4.69, 9.17) is 0 Å². The SMILES string of the molecule is CCc1ccccc1C(O)C1(C#N)CCC(C)CC1. The van der Waals surface area contributed by atoms with Gasteiger partial charge in [0.1, 0.15) is 0 Å². The van der Waals surface area contributed by atoms with E-state index in [1.807, 2.05) is 18.2 Å². The smallest absolute Gasteiger partial charge is 0.0978 e. The van der Waals surface area contributed by atoms with Crippen LogP contribution in [0.3, 0.4) is 0 Å². The van der Waals surface area contributed by atoms with Crippen molar-refractivity contribution in [1.82, 2.24) is 0 Å². The number of benzene rings is 1. The van der Waals surface area contributed by atoms with Crippen molar-refractivity contribution in [1.29, 1.82) is 5.26 Å². The summed E-state index contributed by atoms with van der Waals surface area (Å²) in [7, 11) is 0. The van der Waals surface area contributed by atoms with Gasteiger partial charge in [-0.3, -0.25) is 0 Å². The first-order valence-corrected chi connectivity index (χ1v) is 7.30. The molecule has 1 saturated carbocycles. The van der Waals surface area contributed by atoms with Crippen LogP contribution in [0.5, 0.6) is 0 Å². The maximum absolute atomic E-state index is 10.8. The summed E-state index contributed by atoms with van der Waals surface area (Å²) in [5, 5.41) is 20.4. The fourth-order valence-electron chi connectivity index (χ4n) is 3.14. The van der Waals surface area contributed by atoms with Crippen LogP contribution in [0.2, 0.25) is 0 Å². The van der Waals surface area contributed by atoms with Gasteiger partial charge in [-0.15, -0.1) is 0 Å². The highest BCUT2D eigenvalue weighted by Crippen LogP contribution is 2.47. The molecule has 0 aliphatic heterocycles. The normalized spacial score (nSPS) is 28.6. The summed E-state index contributed by atoms with van der Waals surface area (Å²) in [6.45, 7) is 4.32. The molecule has 0 bridgehead atoms. The zero-order valence-corrected chi connectivity index (χ0v) is 11.9. The van der Waals surface area contributed by atoms with Crippen LogP contribution in [0.4, 0.5) is 0 Å². The van der Waals surface area contributed by atoms with Gasteiger partial charge in [-0.25, -0.2) is 0 Å². The van der Waals surface area contributed by atoms with Gasteiger partial charge in [-0.05, 0) is 49.1 Å². The largest absolute Gasteiger partial charge is 0.387 e. The average molecular weight is 257 g/mol. The van der Waals surface area contributed by atoms with E-state index in [1.165, 1.54) is 0 Å². The molecule has 19 heavy (non-hydrogen) atoms. The predicted octanol–water partition coefficient (Wildman–Crippen LogP) is 4.00. The highest BCUT2D eigenvalue weighted by atomic mass is 16.3. The maximum atomic E-state index is 10.8. The monoisotopic (exact) mass is 257 g/mol. The maximum Gasteiger partial charge on any atom is 0.0978 e. The number of aryl methyl sites for hydroxylation is 1. The molecule has 0 saturated heterocycles. The Morgan fingerprint density at radius 3 is 2.58 bits per heavy atom. The quantitative estimate of drug-likeness (QED) is 0.889. The Balaban J connectivity index is 2.31. The third kappa shape index (κ3) is 2.67. The number of aliphatic hydroxyl groups excluding tert-OH is 1. The van der Waals surface area contributed by atoms with Gasteiger partial charge < -0.3 is 5.11 Å². The predicted molar refractivity (Wildman–Crippen MR) is 76.5 cm³/mol. The molecule has 1 aromatic rings. The molecule has 2 nitrogen and oxygen atoms in total. The summed E-state index contributed by atoms with van der Waals surface area (Å²) in [5.74, 6) is 0.676. The van der Waals surface area contributed by atoms with Crippen molar-refractivity contribution < 1.29 is 5.11 Å². The molecule has 1 aliphatic rings. The second-order valence-electron chi connectivity index (χ2n) is 5.91. The van der Waals surface area contributed by atoms with Crippen LogP contribution in [0.15, 0.2) is 24.3 Å². The lowest BCUT2D eigenvalue weighted by molar-refractivity contribution is 0.0261. The minimum Gasteiger partial charge on any atom is -0.387 e. The van der Waals surface area contributed by atoms with Crippen LogP contribution in [0, 0.1) is 22.7 Å². The Hall–Kier alpha value is -1.33. The van der Waals surface area contributed by atoms with E-state index >= 15 is 0 Å². The van der Waals surface area contributed by atoms with Crippen LogP contribution in [0.1, 0.15) is 56.8 Å².